The summed E-state index contributed by atoms with van der Waals surface area (Å²) in [6, 6.07) is 3.27. The molecule has 53 heavy (non-hydrogen) atoms. The number of rotatable bonds is 20. The molecule has 0 fully saturated rings. The van der Waals surface area contributed by atoms with Crippen molar-refractivity contribution in [1.29, 1.82) is 0 Å². The second kappa shape index (κ2) is 15.8. The minimum absolute atomic E-state index is 0.0218. The fourth-order valence-corrected chi connectivity index (χ4v) is 3.93. The van der Waals surface area contributed by atoms with Crippen LogP contribution in [0.1, 0.15) is 51.0 Å². The SMILES string of the molecule is CCCCCCCCc1cnc(-c2ccc(OC(F)C(F)(F)OC(F)(F)C(F)(F)OC(F)(F)C(F)(F)C(F)(F)C(F)(F)C(F)(F)C(F)(F)F)cc2)nc1. The van der Waals surface area contributed by atoms with Gasteiger partial charge in [-0.2, -0.15) is 87.8 Å². The number of hydrogen-bond donors (Lipinski definition) is 0. The summed E-state index contributed by atoms with van der Waals surface area (Å²) >= 11 is 0. The van der Waals surface area contributed by atoms with Gasteiger partial charge in [-0.1, -0.05) is 39.0 Å². The molecule has 1 heterocycles. The Balaban J connectivity index is 2.15. The molecule has 0 saturated heterocycles. The molecular formula is C28H24F20N2O3. The molecule has 0 spiro atoms. The Morgan fingerprint density at radius 1 is 0.547 bits per heavy atom. The van der Waals surface area contributed by atoms with Crippen molar-refractivity contribution in [3.63, 3.8) is 0 Å². The van der Waals surface area contributed by atoms with Gasteiger partial charge < -0.3 is 4.74 Å². The molecule has 0 aliphatic heterocycles. The number of halogens is 20. The summed E-state index contributed by atoms with van der Waals surface area (Å²) in [5.74, 6) is -35.4. The largest absolute Gasteiger partial charge is 0.460 e. The van der Waals surface area contributed by atoms with Crippen LogP contribution in [0.25, 0.3) is 11.4 Å². The molecule has 304 valence electrons. The highest BCUT2D eigenvalue weighted by molar-refractivity contribution is 5.55. The van der Waals surface area contributed by atoms with Gasteiger partial charge in [-0.15, -0.1) is 0 Å². The number of alkyl halides is 20. The van der Waals surface area contributed by atoms with E-state index in [1.165, 1.54) is 17.1 Å². The van der Waals surface area contributed by atoms with E-state index in [1.54, 1.807) is 0 Å². The Kier molecular flexibility index (Phi) is 13.6. The number of unbranched alkanes of at least 4 members (excludes halogenated alkanes) is 5. The van der Waals surface area contributed by atoms with Crippen molar-refractivity contribution in [2.75, 3.05) is 0 Å². The first-order valence-corrected chi connectivity index (χ1v) is 14.5. The highest BCUT2D eigenvalue weighted by Gasteiger charge is 2.92. The molecule has 0 aliphatic rings. The number of hydrogen-bond acceptors (Lipinski definition) is 5. The van der Waals surface area contributed by atoms with Crippen molar-refractivity contribution in [1.82, 2.24) is 9.97 Å². The number of aryl methyl sites for hydroxylation is 1. The lowest BCUT2D eigenvalue weighted by Crippen LogP contribution is -2.71. The van der Waals surface area contributed by atoms with E-state index in [-0.39, 0.29) is 11.4 Å². The summed E-state index contributed by atoms with van der Waals surface area (Å²) in [6.07, 6.45) is -33.0. The third kappa shape index (κ3) is 9.65. The fourth-order valence-electron chi connectivity index (χ4n) is 3.93. The molecular weight excluding hydrogens is 792 g/mol. The molecule has 2 aromatic rings. The van der Waals surface area contributed by atoms with Crippen LogP contribution in [0.5, 0.6) is 5.75 Å². The maximum atomic E-state index is 14.1. The third-order valence-electron chi connectivity index (χ3n) is 6.90. The van der Waals surface area contributed by atoms with Crippen molar-refractivity contribution in [2.24, 2.45) is 0 Å². The van der Waals surface area contributed by atoms with Crippen molar-refractivity contribution in [3.8, 4) is 17.1 Å². The standard InChI is InChI=1S/C28H24F20N2O3/c1-2-3-4-5-6-7-8-15-13-49-18(50-14-15)16-9-11-17(12-10-16)51-19(29)20(30,31)52-27(45,46)28(47,48)53-26(43,44)24(38,39)22(34,35)21(32,33)23(36,37)25(40,41)42/h9-14,19H,2-8H2,1H3. The van der Waals surface area contributed by atoms with E-state index in [2.05, 4.69) is 21.6 Å². The maximum absolute atomic E-state index is 14.1. The van der Waals surface area contributed by atoms with Crippen LogP contribution in [0.4, 0.5) is 87.8 Å². The Labute approximate surface area is 284 Å². The summed E-state index contributed by atoms with van der Waals surface area (Å²) in [5, 5.41) is 0. The van der Waals surface area contributed by atoms with E-state index in [0.29, 0.717) is 18.6 Å². The Morgan fingerprint density at radius 3 is 1.49 bits per heavy atom. The highest BCUT2D eigenvalue weighted by atomic mass is 19.4. The third-order valence-corrected chi connectivity index (χ3v) is 6.90. The van der Waals surface area contributed by atoms with Gasteiger partial charge in [0.25, 0.3) is 0 Å². The molecule has 1 aromatic carbocycles. The van der Waals surface area contributed by atoms with Gasteiger partial charge in [0, 0.05) is 18.0 Å². The van der Waals surface area contributed by atoms with Crippen LogP contribution in [-0.2, 0) is 15.9 Å². The van der Waals surface area contributed by atoms with E-state index >= 15 is 0 Å². The predicted octanol–water partition coefficient (Wildman–Crippen LogP) is 11.2. The molecule has 1 atom stereocenters. The Hall–Kier alpha value is -3.38. The zero-order chi connectivity index (χ0) is 41.1. The van der Waals surface area contributed by atoms with Crippen LogP contribution in [-0.4, -0.2) is 70.6 Å². The molecule has 1 aromatic heterocycles. The minimum atomic E-state index is -8.77. The smallest absolute Gasteiger partial charge is 0.452 e. The summed E-state index contributed by atoms with van der Waals surface area (Å²) in [6.45, 7) is 2.06. The van der Waals surface area contributed by atoms with Crippen LogP contribution in [0.2, 0.25) is 0 Å². The summed E-state index contributed by atoms with van der Waals surface area (Å²) < 4.78 is 274. The fraction of sp³-hybridized carbons (Fsp3) is 0.643. The average molecular weight is 816 g/mol. The lowest BCUT2D eigenvalue weighted by Gasteiger charge is -2.40. The highest BCUT2D eigenvalue weighted by Crippen LogP contribution is 2.61. The van der Waals surface area contributed by atoms with Crippen LogP contribution in [0.3, 0.4) is 0 Å². The zero-order valence-corrected chi connectivity index (χ0v) is 26.2. The summed E-state index contributed by atoms with van der Waals surface area (Å²) in [4.78, 5) is 8.13. The first-order valence-electron chi connectivity index (χ1n) is 14.5. The van der Waals surface area contributed by atoms with Crippen LogP contribution >= 0.6 is 0 Å². The molecule has 0 saturated carbocycles. The average Bonchev–Trinajstić information content (AvgIpc) is 3.01. The van der Waals surface area contributed by atoms with Crippen molar-refractivity contribution >= 4 is 0 Å². The van der Waals surface area contributed by atoms with Gasteiger partial charge in [0.05, 0.1) is 0 Å². The lowest BCUT2D eigenvalue weighted by molar-refractivity contribution is -0.548. The van der Waals surface area contributed by atoms with Gasteiger partial charge in [-0.3, -0.25) is 0 Å². The summed E-state index contributed by atoms with van der Waals surface area (Å²) in [7, 11) is 0. The van der Waals surface area contributed by atoms with E-state index in [4.69, 9.17) is 0 Å². The van der Waals surface area contributed by atoms with Crippen LogP contribution in [0.15, 0.2) is 36.7 Å². The van der Waals surface area contributed by atoms with E-state index in [9.17, 15) is 87.8 Å². The normalized spacial score (nSPS) is 15.1. The molecule has 0 aliphatic carbocycles. The molecule has 1 unspecified atom stereocenters. The molecule has 0 bridgehead atoms. The molecule has 0 amide bonds. The van der Waals surface area contributed by atoms with Crippen LogP contribution < -0.4 is 4.74 Å². The van der Waals surface area contributed by atoms with Gasteiger partial charge in [-0.25, -0.2) is 19.4 Å². The lowest BCUT2D eigenvalue weighted by atomic mass is 9.97. The van der Waals surface area contributed by atoms with Crippen molar-refractivity contribution in [3.05, 3.63) is 42.2 Å². The monoisotopic (exact) mass is 816 g/mol. The van der Waals surface area contributed by atoms with Crippen molar-refractivity contribution < 1.29 is 102 Å². The van der Waals surface area contributed by atoms with E-state index < -0.39 is 66.4 Å². The van der Waals surface area contributed by atoms with Crippen LogP contribution in [0, 0.1) is 0 Å². The van der Waals surface area contributed by atoms with Gasteiger partial charge in [0.1, 0.15) is 5.75 Å². The van der Waals surface area contributed by atoms with Gasteiger partial charge in [0.15, 0.2) is 5.82 Å². The number of nitrogens with zero attached hydrogens (tertiary/aromatic N) is 2. The first-order chi connectivity index (χ1) is 23.8. The topological polar surface area (TPSA) is 53.5 Å². The quantitative estimate of drug-likeness (QED) is 0.0984. The first kappa shape index (κ1) is 45.8. The van der Waals surface area contributed by atoms with E-state index in [0.717, 1.165) is 56.2 Å². The van der Waals surface area contributed by atoms with Gasteiger partial charge in [-0.05, 0) is 42.7 Å². The predicted molar refractivity (Wildman–Crippen MR) is 138 cm³/mol. The van der Waals surface area contributed by atoms with Crippen molar-refractivity contribution in [2.45, 2.75) is 113 Å². The molecule has 5 nitrogen and oxygen atoms in total. The number of aromatic nitrogens is 2. The Morgan fingerprint density at radius 2 is 1.00 bits per heavy atom. The molecule has 0 radical (unpaired) electrons. The Bertz CT molecular complexity index is 1470. The summed E-state index contributed by atoms with van der Waals surface area (Å²) in [5.41, 5.74) is 0.871. The number of benzene rings is 1. The molecule has 25 heteroatoms. The molecule has 0 N–H and O–H groups in total. The van der Waals surface area contributed by atoms with Gasteiger partial charge >= 0.3 is 60.7 Å². The maximum Gasteiger partial charge on any atom is 0.460 e. The second-order valence-corrected chi connectivity index (χ2v) is 11.0. The minimum Gasteiger partial charge on any atom is -0.452 e. The number of ether oxygens (including phenoxy) is 3. The second-order valence-electron chi connectivity index (χ2n) is 11.0. The zero-order valence-electron chi connectivity index (χ0n) is 26.2. The van der Waals surface area contributed by atoms with Gasteiger partial charge in [0.2, 0.25) is 0 Å². The van der Waals surface area contributed by atoms with E-state index in [1.807, 2.05) is 4.74 Å². The molecule has 2 rings (SSSR count).